The SMILES string of the molecule is CC(C)(C)OC(=O)N1CSCC1(C)c1cccc([N+](=O)[O-])c1. The molecule has 1 atom stereocenters. The Labute approximate surface area is 134 Å². The van der Waals surface area contributed by atoms with Crippen molar-refractivity contribution >= 4 is 23.5 Å². The van der Waals surface area contributed by atoms with Gasteiger partial charge in [-0.25, -0.2) is 4.79 Å². The average Bonchev–Trinajstić information content (AvgIpc) is 2.80. The fourth-order valence-electron chi connectivity index (χ4n) is 2.32. The Bertz CT molecular complexity index is 599. The molecule has 0 bridgehead atoms. The molecule has 1 aliphatic heterocycles. The third-order valence-corrected chi connectivity index (χ3v) is 4.70. The van der Waals surface area contributed by atoms with E-state index < -0.39 is 22.2 Å². The lowest BCUT2D eigenvalue weighted by Gasteiger charge is -2.35. The molecule has 0 spiro atoms. The molecule has 0 saturated carbocycles. The molecule has 1 heterocycles. The highest BCUT2D eigenvalue weighted by Crippen LogP contribution is 2.40. The van der Waals surface area contributed by atoms with Crippen molar-refractivity contribution in [2.24, 2.45) is 0 Å². The van der Waals surface area contributed by atoms with Gasteiger partial charge in [-0.15, -0.1) is 11.8 Å². The highest BCUT2D eigenvalue weighted by atomic mass is 32.2. The highest BCUT2D eigenvalue weighted by Gasteiger charge is 2.44. The van der Waals surface area contributed by atoms with E-state index in [1.165, 1.54) is 12.1 Å². The summed E-state index contributed by atoms with van der Waals surface area (Å²) in [5.74, 6) is 1.18. The van der Waals surface area contributed by atoms with Crippen LogP contribution in [0.2, 0.25) is 0 Å². The highest BCUT2D eigenvalue weighted by molar-refractivity contribution is 7.99. The summed E-state index contributed by atoms with van der Waals surface area (Å²) in [6, 6.07) is 6.45. The van der Waals surface area contributed by atoms with Crippen LogP contribution in [-0.2, 0) is 10.3 Å². The van der Waals surface area contributed by atoms with Gasteiger partial charge in [-0.05, 0) is 33.3 Å². The second-order valence-electron chi connectivity index (χ2n) is 6.47. The molecule has 2 rings (SSSR count). The second-order valence-corrected chi connectivity index (χ2v) is 7.42. The first kappa shape index (κ1) is 16.6. The van der Waals surface area contributed by atoms with Gasteiger partial charge in [0.15, 0.2) is 0 Å². The number of ether oxygens (including phenoxy) is 1. The van der Waals surface area contributed by atoms with Gasteiger partial charge >= 0.3 is 6.09 Å². The Balaban J connectivity index is 2.33. The minimum atomic E-state index is -0.612. The summed E-state index contributed by atoms with van der Waals surface area (Å²) in [6.45, 7) is 7.37. The standard InChI is InChI=1S/C15H20N2O4S/c1-14(2,3)21-13(18)16-10-22-9-15(16,4)11-6-5-7-12(8-11)17(19)20/h5-8H,9-10H2,1-4H3. The van der Waals surface area contributed by atoms with Crippen LogP contribution in [0, 0.1) is 10.1 Å². The van der Waals surface area contributed by atoms with Crippen LogP contribution < -0.4 is 0 Å². The van der Waals surface area contributed by atoms with Crippen molar-refractivity contribution in [2.75, 3.05) is 11.6 Å². The maximum absolute atomic E-state index is 12.4. The lowest BCUT2D eigenvalue weighted by atomic mass is 9.92. The van der Waals surface area contributed by atoms with Crippen molar-refractivity contribution in [1.82, 2.24) is 4.90 Å². The number of rotatable bonds is 2. The molecule has 22 heavy (non-hydrogen) atoms. The lowest BCUT2D eigenvalue weighted by Crippen LogP contribution is -2.46. The molecule has 120 valence electrons. The first-order valence-corrected chi connectivity index (χ1v) is 8.12. The van der Waals surface area contributed by atoms with Crippen molar-refractivity contribution in [3.05, 3.63) is 39.9 Å². The van der Waals surface area contributed by atoms with Crippen LogP contribution in [0.3, 0.4) is 0 Å². The van der Waals surface area contributed by atoms with E-state index in [4.69, 9.17) is 4.74 Å². The van der Waals surface area contributed by atoms with Crippen molar-refractivity contribution < 1.29 is 14.5 Å². The number of carbonyl (C=O) groups excluding carboxylic acids is 1. The van der Waals surface area contributed by atoms with Crippen molar-refractivity contribution in [2.45, 2.75) is 38.8 Å². The average molecular weight is 324 g/mol. The van der Waals surface area contributed by atoms with Gasteiger partial charge in [0, 0.05) is 17.9 Å². The zero-order valence-electron chi connectivity index (χ0n) is 13.2. The van der Waals surface area contributed by atoms with Crippen LogP contribution >= 0.6 is 11.8 Å². The summed E-state index contributed by atoms with van der Waals surface area (Å²) < 4.78 is 5.46. The number of nitrogens with zero attached hydrogens (tertiary/aromatic N) is 2. The molecule has 6 nitrogen and oxygen atoms in total. The first-order valence-electron chi connectivity index (χ1n) is 6.97. The second kappa shape index (κ2) is 5.79. The monoisotopic (exact) mass is 324 g/mol. The molecule has 0 N–H and O–H groups in total. The number of nitro groups is 1. The lowest BCUT2D eigenvalue weighted by molar-refractivity contribution is -0.385. The molecule has 0 radical (unpaired) electrons. The van der Waals surface area contributed by atoms with Gasteiger partial charge in [0.2, 0.25) is 0 Å². The van der Waals surface area contributed by atoms with Gasteiger partial charge in [0.1, 0.15) is 5.60 Å². The zero-order chi connectivity index (χ0) is 16.5. The number of benzene rings is 1. The molecular weight excluding hydrogens is 304 g/mol. The number of amides is 1. The molecule has 7 heteroatoms. The third-order valence-electron chi connectivity index (χ3n) is 3.49. The van der Waals surface area contributed by atoms with Crippen LogP contribution in [0.1, 0.15) is 33.3 Å². The smallest absolute Gasteiger partial charge is 0.411 e. The van der Waals surface area contributed by atoms with E-state index in [1.54, 1.807) is 22.7 Å². The van der Waals surface area contributed by atoms with E-state index in [9.17, 15) is 14.9 Å². The molecule has 1 fully saturated rings. The Morgan fingerprint density at radius 3 is 2.73 bits per heavy atom. The van der Waals surface area contributed by atoms with Crippen LogP contribution in [0.15, 0.2) is 24.3 Å². The molecular formula is C15H20N2O4S. The predicted octanol–water partition coefficient (Wildman–Crippen LogP) is 3.75. The normalized spacial score (nSPS) is 21.7. The maximum atomic E-state index is 12.4. The molecule has 1 amide bonds. The Kier molecular flexibility index (Phi) is 4.37. The third kappa shape index (κ3) is 3.35. The Hall–Kier alpha value is -1.76. The van der Waals surface area contributed by atoms with E-state index in [0.717, 1.165) is 5.56 Å². The van der Waals surface area contributed by atoms with Crippen LogP contribution in [-0.4, -0.2) is 33.1 Å². The molecule has 1 aromatic carbocycles. The number of carbonyl (C=O) groups is 1. The summed E-state index contributed by atoms with van der Waals surface area (Å²) in [4.78, 5) is 24.6. The van der Waals surface area contributed by atoms with Gasteiger partial charge in [-0.2, -0.15) is 0 Å². The minimum absolute atomic E-state index is 0.0276. The zero-order valence-corrected chi connectivity index (χ0v) is 14.0. The first-order chi connectivity index (χ1) is 10.1. The van der Waals surface area contributed by atoms with E-state index in [1.807, 2.05) is 33.8 Å². The number of hydrogen-bond donors (Lipinski definition) is 0. The van der Waals surface area contributed by atoms with Gasteiger partial charge in [0.25, 0.3) is 5.69 Å². The number of nitro benzene ring substituents is 1. The van der Waals surface area contributed by atoms with Crippen LogP contribution in [0.5, 0.6) is 0 Å². The summed E-state index contributed by atoms with van der Waals surface area (Å²) in [7, 11) is 0. The molecule has 0 aromatic heterocycles. The number of hydrogen-bond acceptors (Lipinski definition) is 5. The molecule has 1 saturated heterocycles. The van der Waals surface area contributed by atoms with Gasteiger partial charge < -0.3 is 4.74 Å². The summed E-state index contributed by atoms with van der Waals surface area (Å²) >= 11 is 1.61. The summed E-state index contributed by atoms with van der Waals surface area (Å²) in [5.41, 5.74) is -0.412. The molecule has 1 aromatic rings. The van der Waals surface area contributed by atoms with Crippen molar-refractivity contribution in [3.63, 3.8) is 0 Å². The number of thioether (sulfide) groups is 1. The minimum Gasteiger partial charge on any atom is -0.444 e. The van der Waals surface area contributed by atoms with Crippen LogP contribution in [0.25, 0.3) is 0 Å². The number of non-ortho nitro benzene ring substituents is 1. The fourth-order valence-corrected chi connectivity index (χ4v) is 3.71. The topological polar surface area (TPSA) is 72.7 Å². The largest absolute Gasteiger partial charge is 0.444 e. The van der Waals surface area contributed by atoms with Gasteiger partial charge in [-0.1, -0.05) is 12.1 Å². The van der Waals surface area contributed by atoms with Gasteiger partial charge in [-0.3, -0.25) is 15.0 Å². The summed E-state index contributed by atoms with van der Waals surface area (Å²) in [6.07, 6.45) is -0.397. The van der Waals surface area contributed by atoms with E-state index >= 15 is 0 Å². The molecule has 1 unspecified atom stereocenters. The predicted molar refractivity (Wildman–Crippen MR) is 85.8 cm³/mol. The quantitative estimate of drug-likeness (QED) is 0.612. The van der Waals surface area contributed by atoms with Crippen molar-refractivity contribution in [3.8, 4) is 0 Å². The maximum Gasteiger partial charge on any atom is 0.411 e. The Morgan fingerprint density at radius 2 is 2.14 bits per heavy atom. The fraction of sp³-hybridized carbons (Fsp3) is 0.533. The van der Waals surface area contributed by atoms with Crippen molar-refractivity contribution in [1.29, 1.82) is 0 Å². The molecule has 0 aliphatic carbocycles. The van der Waals surface area contributed by atoms with Crippen LogP contribution in [0.4, 0.5) is 10.5 Å². The molecule has 1 aliphatic rings. The Morgan fingerprint density at radius 1 is 1.45 bits per heavy atom. The van der Waals surface area contributed by atoms with E-state index in [2.05, 4.69) is 0 Å². The van der Waals surface area contributed by atoms with E-state index in [0.29, 0.717) is 11.6 Å². The van der Waals surface area contributed by atoms with Gasteiger partial charge in [0.05, 0.1) is 16.3 Å². The van der Waals surface area contributed by atoms with E-state index in [-0.39, 0.29) is 5.69 Å². The summed E-state index contributed by atoms with van der Waals surface area (Å²) in [5, 5.41) is 11.0.